The number of hydrogen-bond acceptors (Lipinski definition) is 10. The molecule has 0 spiro atoms. The minimum atomic E-state index is -4.77. The van der Waals surface area contributed by atoms with Crippen molar-refractivity contribution in [2.45, 2.75) is 71.2 Å². The molecule has 12 nitrogen and oxygen atoms in total. The summed E-state index contributed by atoms with van der Waals surface area (Å²) in [6.45, 7) is 10.6. The van der Waals surface area contributed by atoms with Gasteiger partial charge >= 0.3 is 10.3 Å². The molecule has 1 fully saturated rings. The number of carbonyl (C=O) groups excluding carboxylic acids is 2. The molecule has 1 saturated heterocycles. The number of hydrogen-bond donors (Lipinski definition) is 3. The first kappa shape index (κ1) is 26.0. The molecule has 0 bridgehead atoms. The number of thiazole rings is 1. The Labute approximate surface area is 191 Å². The molecule has 0 aliphatic carbocycles. The lowest BCUT2D eigenvalue weighted by molar-refractivity contribution is -0.151. The van der Waals surface area contributed by atoms with Crippen LogP contribution in [0.4, 0.5) is 5.13 Å². The average molecular weight is 492 g/mol. The summed E-state index contributed by atoms with van der Waals surface area (Å²) in [5.41, 5.74) is 3.25. The molecule has 180 valence electrons. The summed E-state index contributed by atoms with van der Waals surface area (Å²) < 4.78 is 38.1. The molecule has 2 amide bonds. The largest absolute Gasteiger partial charge is 0.386 e. The zero-order valence-corrected chi connectivity index (χ0v) is 20.4. The lowest BCUT2D eigenvalue weighted by atomic mass is 9.85. The Kier molecular flexibility index (Phi) is 7.54. The normalized spacial score (nSPS) is 20.0. The van der Waals surface area contributed by atoms with Crippen molar-refractivity contribution in [1.82, 2.24) is 14.6 Å². The molecule has 2 atom stereocenters. The third-order valence-corrected chi connectivity index (χ3v) is 6.87. The van der Waals surface area contributed by atoms with Crippen molar-refractivity contribution in [3.05, 3.63) is 11.1 Å². The maximum atomic E-state index is 13.0. The van der Waals surface area contributed by atoms with Crippen LogP contribution in [0.5, 0.6) is 0 Å². The first-order valence-electron chi connectivity index (χ1n) is 9.84. The number of carbonyl (C=O) groups is 2. The maximum Gasteiger partial charge on any atom is 0.362 e. The van der Waals surface area contributed by atoms with Crippen molar-refractivity contribution in [2.75, 3.05) is 12.3 Å². The van der Waals surface area contributed by atoms with E-state index in [1.807, 2.05) is 13.8 Å². The van der Waals surface area contributed by atoms with Gasteiger partial charge in [0.1, 0.15) is 11.7 Å². The van der Waals surface area contributed by atoms with Crippen LogP contribution in [0.15, 0.2) is 10.5 Å². The Hall–Kier alpha value is -2.29. The first-order chi connectivity index (χ1) is 14.6. The summed E-state index contributed by atoms with van der Waals surface area (Å²) in [6.07, 6.45) is 0.466. The van der Waals surface area contributed by atoms with E-state index < -0.39 is 39.3 Å². The van der Waals surface area contributed by atoms with Crippen molar-refractivity contribution >= 4 is 44.3 Å². The summed E-state index contributed by atoms with van der Waals surface area (Å²) in [4.78, 5) is 34.9. The number of nitrogens with one attached hydrogen (secondary N) is 1. The van der Waals surface area contributed by atoms with Gasteiger partial charge in [-0.15, -0.1) is 11.3 Å². The predicted octanol–water partition coefficient (Wildman–Crippen LogP) is 0.948. The highest BCUT2D eigenvalue weighted by Crippen LogP contribution is 2.34. The van der Waals surface area contributed by atoms with Crippen LogP contribution in [0.1, 0.15) is 53.7 Å². The molecule has 0 aromatic carbocycles. The fourth-order valence-electron chi connectivity index (χ4n) is 2.94. The topological polar surface area (TPSA) is 174 Å². The van der Waals surface area contributed by atoms with Crippen LogP contribution < -0.4 is 11.1 Å². The summed E-state index contributed by atoms with van der Waals surface area (Å²) in [7, 11) is -4.77. The van der Waals surface area contributed by atoms with Crippen LogP contribution >= 0.6 is 11.3 Å². The van der Waals surface area contributed by atoms with Gasteiger partial charge in [0, 0.05) is 12.0 Å². The molecule has 1 unspecified atom stereocenters. The Balaban J connectivity index is 2.27. The van der Waals surface area contributed by atoms with Gasteiger partial charge in [0.25, 0.3) is 11.8 Å². The van der Waals surface area contributed by atoms with Gasteiger partial charge in [-0.2, -0.15) is 8.42 Å². The molecule has 0 saturated carbocycles. The van der Waals surface area contributed by atoms with Gasteiger partial charge in [0.2, 0.25) is 0 Å². The molecule has 1 aromatic heterocycles. The minimum Gasteiger partial charge on any atom is -0.386 e. The molecule has 2 rings (SSSR count). The summed E-state index contributed by atoms with van der Waals surface area (Å²) in [5, 5.41) is 8.11. The third-order valence-electron chi connectivity index (χ3n) is 5.09. The zero-order chi connectivity index (χ0) is 24.5. The number of ether oxygens (including phenoxy) is 1. The van der Waals surface area contributed by atoms with Crippen LogP contribution in [0.2, 0.25) is 0 Å². The highest BCUT2D eigenvalue weighted by Gasteiger charge is 2.60. The molecule has 4 N–H and O–H groups in total. The highest BCUT2D eigenvalue weighted by atomic mass is 32.2. The van der Waals surface area contributed by atoms with Gasteiger partial charge in [0.15, 0.2) is 16.4 Å². The molecule has 2 heterocycles. The number of nitrogen functional groups attached to an aromatic ring is 1. The smallest absolute Gasteiger partial charge is 0.362 e. The lowest BCUT2D eigenvalue weighted by Crippen LogP contribution is -2.77. The predicted molar refractivity (Wildman–Crippen MR) is 118 cm³/mol. The maximum absolute atomic E-state index is 13.0. The SMILES string of the molecule is CCCOC(C)C(C)(C)O/N=C(\C(=O)N[C@@H]1C(=O)N(S(=O)(=O)O)C1(C)C)c1csc(N)n1. The highest BCUT2D eigenvalue weighted by molar-refractivity contribution is 7.84. The van der Waals surface area contributed by atoms with Gasteiger partial charge in [-0.3, -0.25) is 14.1 Å². The third kappa shape index (κ3) is 5.36. The van der Waals surface area contributed by atoms with Crippen molar-refractivity contribution < 1.29 is 32.1 Å². The van der Waals surface area contributed by atoms with E-state index in [1.54, 1.807) is 13.8 Å². The lowest BCUT2D eigenvalue weighted by Gasteiger charge is -2.50. The van der Waals surface area contributed by atoms with Crippen molar-refractivity contribution in [3.63, 3.8) is 0 Å². The molecule has 14 heteroatoms. The van der Waals surface area contributed by atoms with Gasteiger partial charge in [-0.1, -0.05) is 12.1 Å². The first-order valence-corrected chi connectivity index (χ1v) is 12.1. The van der Waals surface area contributed by atoms with E-state index in [4.69, 9.17) is 15.3 Å². The molecular weight excluding hydrogens is 462 g/mol. The Morgan fingerprint density at radius 3 is 2.59 bits per heavy atom. The fourth-order valence-corrected chi connectivity index (χ4v) is 4.52. The molecule has 1 aliphatic rings. The summed E-state index contributed by atoms with van der Waals surface area (Å²) in [5.74, 6) is -1.81. The molecular formula is C18H29N5O7S2. The fraction of sp³-hybridized carbons (Fsp3) is 0.667. The van der Waals surface area contributed by atoms with Crippen molar-refractivity contribution in [1.29, 1.82) is 0 Å². The zero-order valence-electron chi connectivity index (χ0n) is 18.8. The molecule has 1 aliphatic heterocycles. The Morgan fingerprint density at radius 1 is 1.50 bits per heavy atom. The second-order valence-corrected chi connectivity index (χ2v) is 10.5. The van der Waals surface area contributed by atoms with E-state index in [-0.39, 0.29) is 22.6 Å². The van der Waals surface area contributed by atoms with Gasteiger partial charge in [-0.25, -0.2) is 9.29 Å². The van der Waals surface area contributed by atoms with Crippen LogP contribution in [-0.2, 0) is 29.5 Å². The van der Waals surface area contributed by atoms with E-state index >= 15 is 0 Å². The quantitative estimate of drug-likeness (QED) is 0.186. The number of β-lactam (4-membered cyclic amide) rings is 1. The standard InChI is InChI=1S/C18H29N5O7S2/c1-7-8-29-10(2)18(5,6)30-22-12(11-9-31-16(19)20-11)14(24)21-13-15(25)23(17(13,3)4)32(26,27)28/h9-10,13H,7-8H2,1-6H3,(H2,19,20)(H,21,24)(H,26,27,28)/b22-12-/t10?,13-/m1/s1. The Morgan fingerprint density at radius 2 is 2.12 bits per heavy atom. The van der Waals surface area contributed by atoms with E-state index in [0.717, 1.165) is 17.8 Å². The van der Waals surface area contributed by atoms with Crippen LogP contribution in [0, 0.1) is 0 Å². The van der Waals surface area contributed by atoms with Gasteiger partial charge < -0.3 is 20.6 Å². The summed E-state index contributed by atoms with van der Waals surface area (Å²) >= 11 is 1.08. The minimum absolute atomic E-state index is 0.124. The number of rotatable bonds is 10. The van der Waals surface area contributed by atoms with Crippen molar-refractivity contribution in [2.24, 2.45) is 5.16 Å². The number of anilines is 1. The number of nitrogens with two attached hydrogens (primary N) is 1. The molecule has 1 aromatic rings. The summed E-state index contributed by atoms with van der Waals surface area (Å²) in [6, 6.07) is -1.22. The van der Waals surface area contributed by atoms with Crippen LogP contribution in [0.25, 0.3) is 0 Å². The number of oxime groups is 1. The number of nitrogens with zero attached hydrogens (tertiary/aromatic N) is 3. The van der Waals surface area contributed by atoms with Crippen LogP contribution in [0.3, 0.4) is 0 Å². The molecule has 32 heavy (non-hydrogen) atoms. The second kappa shape index (κ2) is 9.29. The van der Waals surface area contributed by atoms with E-state index in [1.165, 1.54) is 19.2 Å². The van der Waals surface area contributed by atoms with Crippen molar-refractivity contribution in [3.8, 4) is 0 Å². The molecule has 0 radical (unpaired) electrons. The van der Waals surface area contributed by atoms with E-state index in [0.29, 0.717) is 10.9 Å². The Bertz CT molecular complexity index is 1000. The van der Waals surface area contributed by atoms with E-state index in [2.05, 4.69) is 15.5 Å². The number of aromatic nitrogens is 1. The van der Waals surface area contributed by atoms with Gasteiger partial charge in [0.05, 0.1) is 11.6 Å². The van der Waals surface area contributed by atoms with Gasteiger partial charge in [-0.05, 0) is 41.0 Å². The monoisotopic (exact) mass is 491 g/mol. The number of amides is 2. The average Bonchev–Trinajstić information content (AvgIpc) is 3.08. The van der Waals surface area contributed by atoms with E-state index in [9.17, 15) is 22.6 Å². The second-order valence-electron chi connectivity index (χ2n) is 8.36. The van der Waals surface area contributed by atoms with Crippen LogP contribution in [-0.4, -0.2) is 69.7 Å².